The highest BCUT2D eigenvalue weighted by molar-refractivity contribution is 7.01. The highest BCUT2D eigenvalue weighted by Gasteiger charge is 2.59. The summed E-state index contributed by atoms with van der Waals surface area (Å²) in [5.41, 5.74) is 45.8. The molecule has 3 nitrogen and oxygen atoms in total. The third-order valence-corrected chi connectivity index (χ3v) is 26.6. The highest BCUT2D eigenvalue weighted by Crippen LogP contribution is 2.69. The average Bonchev–Trinajstić information content (AvgIpc) is 1.54. The highest BCUT2D eigenvalue weighted by atomic mass is 15.2. The summed E-state index contributed by atoms with van der Waals surface area (Å²) in [5.74, 6) is 0. The number of hydrogen-bond acceptors (Lipinski definition) is 2. The molecule has 6 aliphatic carbocycles. The Bertz CT molecular complexity index is 6950. The van der Waals surface area contributed by atoms with E-state index in [1.165, 1.54) is 177 Å². The van der Waals surface area contributed by atoms with Crippen molar-refractivity contribution < 1.29 is 0 Å². The molecule has 0 saturated carbocycles. The zero-order valence-corrected chi connectivity index (χ0v) is 59.2. The van der Waals surface area contributed by atoms with Crippen molar-refractivity contribution in [3.63, 3.8) is 0 Å². The van der Waals surface area contributed by atoms with Crippen LogP contribution in [-0.2, 0) is 16.2 Å². The summed E-state index contributed by atoms with van der Waals surface area (Å²) in [5, 5.41) is 2.44. The molecule has 0 saturated heterocycles. The smallest absolute Gasteiger partial charge is 0.252 e. The van der Waals surface area contributed by atoms with Gasteiger partial charge in [-0.05, 0) is 210 Å². The zero-order chi connectivity index (χ0) is 70.7. The quantitative estimate of drug-likeness (QED) is 0.163. The van der Waals surface area contributed by atoms with Crippen LogP contribution < -0.4 is 26.2 Å². The molecule has 0 bridgehead atoms. The summed E-state index contributed by atoms with van der Waals surface area (Å²) in [4.78, 5) is 5.51. The molecule has 18 aromatic rings. The SMILES string of the molecule is c1ccc(-c2ccc3c(c2)B2c4c(cc(-n5c6ccccc6c6ccccc65)cc4N(c4cccc5c4C4(c6ccccc6-c6ccccc64)c4ccccc4-5)c4ccc5c(c42)-c2ccccc2C52c4ccccc4-c4ccccc42)N3c2ccc3c(c2)C2(c4ccccc4-c4ccccc42)c2ccccc2-3)cc1. The minimum absolute atomic E-state index is 0.308. The van der Waals surface area contributed by atoms with Crippen molar-refractivity contribution in [2.45, 2.75) is 16.2 Å². The van der Waals surface area contributed by atoms with E-state index in [2.05, 4.69) is 390 Å². The molecule has 0 fully saturated rings. The number of aromatic nitrogens is 1. The first-order valence-electron chi connectivity index (χ1n) is 38.4. The van der Waals surface area contributed by atoms with E-state index in [0.717, 1.165) is 45.2 Å². The maximum absolute atomic E-state index is 2.80. The van der Waals surface area contributed by atoms with Crippen LogP contribution in [0.1, 0.15) is 66.8 Å². The number of fused-ring (bicyclic) bond motifs is 38. The number of anilines is 6. The number of nitrogens with zero attached hydrogens (tertiary/aromatic N) is 3. The van der Waals surface area contributed by atoms with Crippen molar-refractivity contribution in [2.75, 3.05) is 9.80 Å². The largest absolute Gasteiger partial charge is 0.311 e. The Morgan fingerprint density at radius 3 is 1.14 bits per heavy atom. The van der Waals surface area contributed by atoms with Gasteiger partial charge in [-0.2, -0.15) is 0 Å². The number of hydrogen-bond donors (Lipinski definition) is 0. The minimum atomic E-state index is -0.694. The fourth-order valence-corrected chi connectivity index (χ4v) is 22.9. The van der Waals surface area contributed by atoms with Crippen molar-refractivity contribution in [1.82, 2.24) is 4.57 Å². The molecule has 0 N–H and O–H groups in total. The third kappa shape index (κ3) is 6.92. The van der Waals surface area contributed by atoms with Crippen LogP contribution in [0.25, 0.3) is 105 Å². The molecule has 0 radical (unpaired) electrons. The monoisotopic (exact) mass is 1380 g/mol. The van der Waals surface area contributed by atoms with E-state index in [1.54, 1.807) is 0 Å². The average molecular weight is 1380 g/mol. The van der Waals surface area contributed by atoms with Gasteiger partial charge in [-0.25, -0.2) is 0 Å². The Labute approximate surface area is 631 Å². The van der Waals surface area contributed by atoms with Gasteiger partial charge in [0.15, 0.2) is 0 Å². The molecule has 26 rings (SSSR count). The van der Waals surface area contributed by atoms with Gasteiger partial charge in [0.05, 0.1) is 38.7 Å². The van der Waals surface area contributed by atoms with E-state index in [-0.39, 0.29) is 6.71 Å². The van der Waals surface area contributed by atoms with Gasteiger partial charge in [-0.15, -0.1) is 0 Å². The van der Waals surface area contributed by atoms with E-state index in [1.807, 2.05) is 0 Å². The van der Waals surface area contributed by atoms with E-state index in [9.17, 15) is 0 Å². The zero-order valence-electron chi connectivity index (χ0n) is 59.2. The Hall–Kier alpha value is -13.8. The summed E-state index contributed by atoms with van der Waals surface area (Å²) in [6.45, 7) is -0.308. The Kier molecular flexibility index (Phi) is 11.2. The van der Waals surface area contributed by atoms with Crippen LogP contribution >= 0.6 is 0 Å². The molecule has 3 spiro atoms. The van der Waals surface area contributed by atoms with E-state index >= 15 is 0 Å². The summed E-state index contributed by atoms with van der Waals surface area (Å²) in [6, 6.07) is 146. The molecule has 1 aromatic heterocycles. The van der Waals surface area contributed by atoms with Gasteiger partial charge < -0.3 is 14.4 Å². The second-order valence-electron chi connectivity index (χ2n) is 31.0. The lowest BCUT2D eigenvalue weighted by Gasteiger charge is -2.46. The fraction of sp³-hybridized carbons (Fsp3) is 0.0286. The van der Waals surface area contributed by atoms with Crippen LogP contribution in [0.5, 0.6) is 0 Å². The molecule has 0 unspecified atom stereocenters. The van der Waals surface area contributed by atoms with Gasteiger partial charge in [-0.3, -0.25) is 0 Å². The number of benzene rings is 17. The molecule has 17 aromatic carbocycles. The first kappa shape index (κ1) is 58.5. The molecular formula is C105H62BN3. The van der Waals surface area contributed by atoms with Crippen LogP contribution in [0.4, 0.5) is 34.1 Å². The normalized spacial score (nSPS) is 15.0. The van der Waals surface area contributed by atoms with Gasteiger partial charge in [0.1, 0.15) is 0 Å². The number of para-hydroxylation sites is 2. The lowest BCUT2D eigenvalue weighted by Crippen LogP contribution is -2.62. The molecule has 0 amide bonds. The molecular weight excluding hydrogens is 1310 g/mol. The lowest BCUT2D eigenvalue weighted by molar-refractivity contribution is 0.792. The first-order valence-corrected chi connectivity index (χ1v) is 38.4. The van der Waals surface area contributed by atoms with Crippen LogP contribution in [0.3, 0.4) is 0 Å². The fourth-order valence-electron chi connectivity index (χ4n) is 22.9. The second-order valence-corrected chi connectivity index (χ2v) is 31.0. The molecule has 0 atom stereocenters. The lowest BCUT2D eigenvalue weighted by atomic mass is 9.32. The van der Waals surface area contributed by atoms with Crippen LogP contribution in [0, 0.1) is 0 Å². The summed E-state index contributed by atoms with van der Waals surface area (Å²) < 4.78 is 2.57. The molecule has 3 heterocycles. The Balaban J connectivity index is 0.850. The van der Waals surface area contributed by atoms with E-state index < -0.39 is 16.2 Å². The van der Waals surface area contributed by atoms with E-state index in [4.69, 9.17) is 0 Å². The number of rotatable bonds is 4. The molecule has 2 aliphatic heterocycles. The Morgan fingerprint density at radius 2 is 0.615 bits per heavy atom. The maximum atomic E-state index is 2.80. The third-order valence-electron chi connectivity index (χ3n) is 26.6. The van der Waals surface area contributed by atoms with Gasteiger partial charge in [-0.1, -0.05) is 322 Å². The van der Waals surface area contributed by atoms with Gasteiger partial charge >= 0.3 is 0 Å². The predicted molar refractivity (Wildman–Crippen MR) is 449 cm³/mol. The summed E-state index contributed by atoms with van der Waals surface area (Å²) in [6.07, 6.45) is 0. The summed E-state index contributed by atoms with van der Waals surface area (Å²) >= 11 is 0. The molecule has 500 valence electrons. The van der Waals surface area contributed by atoms with Crippen LogP contribution in [0.2, 0.25) is 0 Å². The standard InChI is InChI=1S/C105H62BN3/c1-2-27-63(28-3-1)64-53-57-94-91(59-64)106-101-97(107(94)65-54-55-75-73-35-8-19-45-84(73)104(90(75)60-65)82-43-17-6-31-69(82)70-32-7-18-44-83(70)104)61-66(108-92-50-24-13-37-76(92)77-38-14-25-51-93(77)108)62-98(101)109(95-52-26-40-78-74-36-11-22-48-87(74)105(100(78)95)85-46-20-9-33-71(85)72-34-10-21-47-86(72)105)96-58-56-89-99(102(96)106)79-39-12-23-49-88(79)103(89)80-41-15-4-29-67(80)68-30-5-16-42-81(68)103/h1-62H. The molecule has 109 heavy (non-hydrogen) atoms. The Morgan fingerprint density at radius 1 is 0.211 bits per heavy atom. The van der Waals surface area contributed by atoms with Crippen molar-refractivity contribution in [3.05, 3.63) is 443 Å². The topological polar surface area (TPSA) is 11.4 Å². The van der Waals surface area contributed by atoms with Gasteiger partial charge in [0.2, 0.25) is 0 Å². The van der Waals surface area contributed by atoms with Crippen molar-refractivity contribution in [1.29, 1.82) is 0 Å². The summed E-state index contributed by atoms with van der Waals surface area (Å²) in [7, 11) is 0. The van der Waals surface area contributed by atoms with Crippen LogP contribution in [0.15, 0.2) is 376 Å². The second kappa shape index (κ2) is 20.8. The van der Waals surface area contributed by atoms with Gasteiger partial charge in [0.25, 0.3) is 6.71 Å². The predicted octanol–water partition coefficient (Wildman–Crippen LogP) is 23.6. The van der Waals surface area contributed by atoms with Gasteiger partial charge in [0, 0.05) is 44.8 Å². The van der Waals surface area contributed by atoms with Crippen molar-refractivity contribution in [2.24, 2.45) is 0 Å². The maximum Gasteiger partial charge on any atom is 0.252 e. The first-order chi connectivity index (χ1) is 54.1. The molecule has 8 aliphatic rings. The molecule has 4 heteroatoms. The minimum Gasteiger partial charge on any atom is -0.311 e. The van der Waals surface area contributed by atoms with E-state index in [0.29, 0.717) is 0 Å². The van der Waals surface area contributed by atoms with Crippen molar-refractivity contribution in [3.8, 4) is 83.6 Å². The van der Waals surface area contributed by atoms with Crippen molar-refractivity contribution >= 4 is 79.0 Å². The van der Waals surface area contributed by atoms with Crippen LogP contribution in [-0.4, -0.2) is 11.3 Å².